The highest BCUT2D eigenvalue weighted by molar-refractivity contribution is 7.92. The van der Waals surface area contributed by atoms with Gasteiger partial charge in [0.1, 0.15) is 9.84 Å². The molecule has 0 amide bonds. The molecule has 4 nitrogen and oxygen atoms in total. The molecule has 2 N–H and O–H groups in total. The molecule has 1 aliphatic carbocycles. The summed E-state index contributed by atoms with van der Waals surface area (Å²) in [6.07, 6.45) is 4.02. The fourth-order valence-corrected chi connectivity index (χ4v) is 5.28. The fraction of sp³-hybridized carbons (Fsp3) is 1.00. The Balaban J connectivity index is 2.52. The molecular weight excluding hydrogens is 246 g/mol. The number of sulfone groups is 1. The van der Waals surface area contributed by atoms with Gasteiger partial charge in [0.15, 0.2) is 0 Å². The molecular formula is C10H21NO3S2. The van der Waals surface area contributed by atoms with Crippen LogP contribution in [0.3, 0.4) is 0 Å². The normalized spacial score (nSPS) is 33.6. The first-order valence-corrected chi connectivity index (χ1v) is 9.04. The minimum absolute atomic E-state index is 0.00277. The number of hydrogen-bond acceptors (Lipinski definition) is 4. The predicted molar refractivity (Wildman–Crippen MR) is 67.5 cm³/mol. The minimum Gasteiger partial charge on any atom is -0.327 e. The monoisotopic (exact) mass is 267 g/mol. The van der Waals surface area contributed by atoms with E-state index in [1.165, 1.54) is 6.26 Å². The maximum Gasteiger partial charge on any atom is 0.148 e. The molecule has 6 heteroatoms. The average molecular weight is 267 g/mol. The van der Waals surface area contributed by atoms with E-state index in [4.69, 9.17) is 5.73 Å². The molecule has 0 aromatic heterocycles. The average Bonchev–Trinajstić information content (AvgIpc) is 2.17. The maximum absolute atomic E-state index is 12.0. The van der Waals surface area contributed by atoms with Crippen LogP contribution in [0.5, 0.6) is 0 Å². The van der Waals surface area contributed by atoms with Gasteiger partial charge in [-0.05, 0) is 25.2 Å². The molecule has 96 valence electrons. The van der Waals surface area contributed by atoms with E-state index in [1.54, 1.807) is 0 Å². The van der Waals surface area contributed by atoms with Gasteiger partial charge >= 0.3 is 0 Å². The fourth-order valence-electron chi connectivity index (χ4n) is 2.04. The number of hydrogen-bond donors (Lipinski definition) is 1. The molecule has 4 unspecified atom stereocenters. The molecule has 1 aliphatic rings. The van der Waals surface area contributed by atoms with Gasteiger partial charge in [-0.2, -0.15) is 0 Å². The Morgan fingerprint density at radius 1 is 1.38 bits per heavy atom. The zero-order valence-electron chi connectivity index (χ0n) is 9.89. The predicted octanol–water partition coefficient (Wildman–Crippen LogP) is 0.296. The van der Waals surface area contributed by atoms with Crippen molar-refractivity contribution in [3.8, 4) is 0 Å². The van der Waals surface area contributed by atoms with Crippen LogP contribution in [0.25, 0.3) is 0 Å². The van der Waals surface area contributed by atoms with Crippen LogP contribution < -0.4 is 5.73 Å². The summed E-state index contributed by atoms with van der Waals surface area (Å²) < 4.78 is 34.0. The summed E-state index contributed by atoms with van der Waals surface area (Å²) in [6.45, 7) is 2.13. The third-order valence-corrected chi connectivity index (χ3v) is 6.13. The first-order chi connectivity index (χ1) is 7.29. The molecule has 0 aromatic carbocycles. The molecule has 1 saturated carbocycles. The topological polar surface area (TPSA) is 77.2 Å². The first kappa shape index (κ1) is 14.1. The molecule has 0 aliphatic heterocycles. The zero-order chi connectivity index (χ0) is 12.3. The van der Waals surface area contributed by atoms with Gasteiger partial charge in [-0.3, -0.25) is 4.21 Å². The Morgan fingerprint density at radius 2 is 2.00 bits per heavy atom. The first-order valence-electron chi connectivity index (χ1n) is 5.60. The van der Waals surface area contributed by atoms with E-state index in [1.807, 2.05) is 0 Å². The maximum atomic E-state index is 12.0. The van der Waals surface area contributed by atoms with Crippen molar-refractivity contribution < 1.29 is 12.6 Å². The molecule has 0 radical (unpaired) electrons. The highest BCUT2D eigenvalue weighted by Crippen LogP contribution is 2.26. The summed E-state index contributed by atoms with van der Waals surface area (Å²) in [7, 11) is -4.13. The van der Waals surface area contributed by atoms with Crippen molar-refractivity contribution in [2.45, 2.75) is 37.5 Å². The Morgan fingerprint density at radius 3 is 2.56 bits per heavy atom. The molecule has 0 saturated heterocycles. The van der Waals surface area contributed by atoms with Gasteiger partial charge in [0.05, 0.1) is 11.0 Å². The minimum atomic E-state index is -3.02. The van der Waals surface area contributed by atoms with Crippen LogP contribution in [0.1, 0.15) is 26.2 Å². The van der Waals surface area contributed by atoms with E-state index < -0.39 is 20.6 Å². The van der Waals surface area contributed by atoms with Gasteiger partial charge in [-0.25, -0.2) is 8.42 Å². The van der Waals surface area contributed by atoms with Crippen molar-refractivity contribution in [2.24, 2.45) is 11.7 Å². The molecule has 0 spiro atoms. The summed E-state index contributed by atoms with van der Waals surface area (Å²) in [6, 6.07) is -0.0309. The summed E-state index contributed by atoms with van der Waals surface area (Å²) in [5, 5.41) is -0.0227. The number of rotatable bonds is 4. The summed E-state index contributed by atoms with van der Waals surface area (Å²) >= 11 is 0. The second-order valence-corrected chi connectivity index (χ2v) is 8.87. The van der Waals surface area contributed by atoms with Gasteiger partial charge < -0.3 is 5.73 Å². The van der Waals surface area contributed by atoms with E-state index in [9.17, 15) is 12.6 Å². The van der Waals surface area contributed by atoms with Gasteiger partial charge in [-0.15, -0.1) is 0 Å². The molecule has 16 heavy (non-hydrogen) atoms. The van der Waals surface area contributed by atoms with E-state index in [0.29, 0.717) is 5.92 Å². The van der Waals surface area contributed by atoms with E-state index in [2.05, 4.69) is 6.92 Å². The van der Waals surface area contributed by atoms with Crippen molar-refractivity contribution >= 4 is 20.6 Å². The van der Waals surface area contributed by atoms with E-state index in [-0.39, 0.29) is 22.8 Å². The van der Waals surface area contributed by atoms with E-state index >= 15 is 0 Å². The Labute approximate surface area is 100 Å². The van der Waals surface area contributed by atoms with Crippen molar-refractivity contribution in [1.29, 1.82) is 0 Å². The van der Waals surface area contributed by atoms with Crippen LogP contribution >= 0.6 is 0 Å². The van der Waals surface area contributed by atoms with Gasteiger partial charge in [0.25, 0.3) is 0 Å². The second kappa shape index (κ2) is 5.60. The Hall–Kier alpha value is 0.0600. The molecule has 0 heterocycles. The van der Waals surface area contributed by atoms with Crippen molar-refractivity contribution in [3.63, 3.8) is 0 Å². The largest absolute Gasteiger partial charge is 0.327 e. The van der Waals surface area contributed by atoms with Crippen LogP contribution in [0.15, 0.2) is 0 Å². The highest BCUT2D eigenvalue weighted by Gasteiger charge is 2.30. The van der Waals surface area contributed by atoms with Crippen molar-refractivity contribution in [2.75, 3.05) is 17.8 Å². The third-order valence-electron chi connectivity index (χ3n) is 3.10. The Kier molecular flexibility index (Phi) is 4.94. The molecule has 4 atom stereocenters. The summed E-state index contributed by atoms with van der Waals surface area (Å²) in [4.78, 5) is 0. The Bertz CT molecular complexity index is 353. The lowest BCUT2D eigenvalue weighted by molar-refractivity contribution is 0.353. The molecule has 1 fully saturated rings. The van der Waals surface area contributed by atoms with Crippen LogP contribution in [0.4, 0.5) is 0 Å². The molecule has 1 rings (SSSR count). The second-order valence-electron chi connectivity index (χ2n) is 4.84. The summed E-state index contributed by atoms with van der Waals surface area (Å²) in [5.74, 6) is 0.771. The van der Waals surface area contributed by atoms with Crippen molar-refractivity contribution in [1.82, 2.24) is 0 Å². The smallest absolute Gasteiger partial charge is 0.148 e. The van der Waals surface area contributed by atoms with Crippen LogP contribution in [-0.4, -0.2) is 41.7 Å². The summed E-state index contributed by atoms with van der Waals surface area (Å²) in [5.41, 5.74) is 5.94. The van der Waals surface area contributed by atoms with Crippen LogP contribution in [0.2, 0.25) is 0 Å². The van der Waals surface area contributed by atoms with Crippen molar-refractivity contribution in [3.05, 3.63) is 0 Å². The molecule has 0 aromatic rings. The number of nitrogens with two attached hydrogens (primary N) is 1. The quantitative estimate of drug-likeness (QED) is 0.794. The standard InChI is InChI=1S/C10H21NO3S2/c1-8-3-4-9(11)10(7-8)15(12)5-6-16(2,13)14/h8-10H,3-7,11H2,1-2H3. The van der Waals surface area contributed by atoms with Crippen LogP contribution in [0, 0.1) is 5.92 Å². The van der Waals surface area contributed by atoms with Gasteiger partial charge in [-0.1, -0.05) is 6.92 Å². The van der Waals surface area contributed by atoms with Crippen LogP contribution in [-0.2, 0) is 20.6 Å². The lowest BCUT2D eigenvalue weighted by atomic mass is 9.87. The zero-order valence-corrected chi connectivity index (χ0v) is 11.5. The van der Waals surface area contributed by atoms with Gasteiger partial charge in [0, 0.05) is 28.9 Å². The third kappa shape index (κ3) is 4.51. The van der Waals surface area contributed by atoms with E-state index in [0.717, 1.165) is 19.3 Å². The van der Waals surface area contributed by atoms with Gasteiger partial charge in [0.2, 0.25) is 0 Å². The highest BCUT2D eigenvalue weighted by atomic mass is 32.2. The lowest BCUT2D eigenvalue weighted by Gasteiger charge is -2.31. The lowest BCUT2D eigenvalue weighted by Crippen LogP contribution is -2.43. The SMILES string of the molecule is CC1CCC(N)C(S(=O)CCS(C)(=O)=O)C1. The molecule has 0 bridgehead atoms.